The van der Waals surface area contributed by atoms with Gasteiger partial charge in [-0.15, -0.1) is 0 Å². The monoisotopic (exact) mass is 644 g/mol. The van der Waals surface area contributed by atoms with Gasteiger partial charge >= 0.3 is 0 Å². The van der Waals surface area contributed by atoms with Crippen LogP contribution in [0.1, 0.15) is 22.3 Å². The zero-order valence-corrected chi connectivity index (χ0v) is 22.2. The number of rotatable bonds is 0. The van der Waals surface area contributed by atoms with Crippen molar-refractivity contribution >= 4 is 63.7 Å². The molecule has 4 heteroatoms. The van der Waals surface area contributed by atoms with Gasteiger partial charge in [-0.3, -0.25) is 0 Å². The van der Waals surface area contributed by atoms with Crippen LogP contribution in [0.15, 0.2) is 90.7 Å². The summed E-state index contributed by atoms with van der Waals surface area (Å²) in [5.74, 6) is 0. The largest absolute Gasteiger partial charge is 0.0530 e. The Balaban J connectivity index is 1.86. The summed E-state index contributed by atoms with van der Waals surface area (Å²) in [5.41, 5.74) is 10.5. The van der Waals surface area contributed by atoms with Crippen molar-refractivity contribution in [3.8, 4) is 22.3 Å². The number of benzene rings is 4. The first-order chi connectivity index (χ1) is 14.5. The lowest BCUT2D eigenvalue weighted by Crippen LogP contribution is -2.03. The van der Waals surface area contributed by atoms with E-state index in [4.69, 9.17) is 0 Å². The van der Waals surface area contributed by atoms with E-state index in [9.17, 15) is 0 Å². The standard InChI is InChI=1S/C26H16Br4/c27-19-1-5-23-15(11-19)9-17-13-21(29)3-7-25(17)26-8-4-22(30)14-18(26)10-16-12-20(28)2-6-24(16)23/h1-8,11-14H,9-10H2. The summed E-state index contributed by atoms with van der Waals surface area (Å²) in [5, 5.41) is 0. The van der Waals surface area contributed by atoms with E-state index < -0.39 is 0 Å². The van der Waals surface area contributed by atoms with Gasteiger partial charge in [0.05, 0.1) is 0 Å². The summed E-state index contributed by atoms with van der Waals surface area (Å²) in [6.07, 6.45) is 1.74. The quantitative estimate of drug-likeness (QED) is 0.157. The van der Waals surface area contributed by atoms with Crippen molar-refractivity contribution in [3.05, 3.63) is 113 Å². The highest BCUT2D eigenvalue weighted by Gasteiger charge is 2.19. The predicted molar refractivity (Wildman–Crippen MR) is 140 cm³/mol. The van der Waals surface area contributed by atoms with Gasteiger partial charge in [-0.1, -0.05) is 88.0 Å². The van der Waals surface area contributed by atoms with Crippen molar-refractivity contribution in [2.75, 3.05) is 0 Å². The maximum Gasteiger partial charge on any atom is 0.0178 e. The lowest BCUT2D eigenvalue weighted by atomic mass is 9.84. The third-order valence-electron chi connectivity index (χ3n) is 5.61. The molecule has 4 aromatic rings. The zero-order valence-electron chi connectivity index (χ0n) is 15.9. The van der Waals surface area contributed by atoms with Crippen molar-refractivity contribution < 1.29 is 0 Å². The molecule has 0 heterocycles. The van der Waals surface area contributed by atoms with Gasteiger partial charge < -0.3 is 0 Å². The van der Waals surface area contributed by atoms with Gasteiger partial charge in [-0.05, 0) is 106 Å². The molecular formula is C26H16Br4. The Morgan fingerprint density at radius 3 is 0.833 bits per heavy atom. The SMILES string of the molecule is Brc1ccc2c(c1)Cc1cc(Br)ccc1-c1ccc(Br)cc1Cc1cc(Br)ccc1-2. The van der Waals surface area contributed by atoms with Crippen LogP contribution in [0, 0.1) is 0 Å². The third-order valence-corrected chi connectivity index (χ3v) is 7.58. The van der Waals surface area contributed by atoms with Crippen LogP contribution in [0.4, 0.5) is 0 Å². The van der Waals surface area contributed by atoms with E-state index in [0.29, 0.717) is 0 Å². The first-order valence-electron chi connectivity index (χ1n) is 9.62. The van der Waals surface area contributed by atoms with E-state index in [0.717, 1.165) is 30.7 Å². The maximum atomic E-state index is 3.69. The van der Waals surface area contributed by atoms with E-state index in [1.165, 1.54) is 44.5 Å². The molecule has 1 aliphatic rings. The van der Waals surface area contributed by atoms with Crippen LogP contribution < -0.4 is 0 Å². The Hall–Kier alpha value is -1.20. The van der Waals surface area contributed by atoms with Gasteiger partial charge in [0, 0.05) is 17.9 Å². The fourth-order valence-corrected chi connectivity index (χ4v) is 5.93. The van der Waals surface area contributed by atoms with E-state index in [1.54, 1.807) is 0 Å². The van der Waals surface area contributed by atoms with Crippen LogP contribution in [0.3, 0.4) is 0 Å². The Bertz CT molecular complexity index is 1090. The average Bonchev–Trinajstić information content (AvgIpc) is 2.70. The molecule has 0 N–H and O–H groups in total. The smallest absolute Gasteiger partial charge is 0.0178 e. The molecule has 0 saturated heterocycles. The van der Waals surface area contributed by atoms with Crippen LogP contribution in [0.5, 0.6) is 0 Å². The number of fused-ring (bicyclic) bond motifs is 6. The molecule has 0 spiro atoms. The Morgan fingerprint density at radius 2 is 0.600 bits per heavy atom. The van der Waals surface area contributed by atoms with Crippen LogP contribution in [0.2, 0.25) is 0 Å². The summed E-state index contributed by atoms with van der Waals surface area (Å²) in [4.78, 5) is 0. The molecule has 4 aromatic carbocycles. The molecule has 148 valence electrons. The molecule has 0 bridgehead atoms. The van der Waals surface area contributed by atoms with Gasteiger partial charge in [-0.25, -0.2) is 0 Å². The number of hydrogen-bond donors (Lipinski definition) is 0. The van der Waals surface area contributed by atoms with E-state index in [1.807, 2.05) is 0 Å². The lowest BCUT2D eigenvalue weighted by Gasteiger charge is -2.21. The summed E-state index contributed by atoms with van der Waals surface area (Å²) in [6, 6.07) is 26.6. The summed E-state index contributed by atoms with van der Waals surface area (Å²) < 4.78 is 4.44. The Morgan fingerprint density at radius 1 is 0.367 bits per heavy atom. The molecule has 30 heavy (non-hydrogen) atoms. The average molecular weight is 648 g/mol. The minimum absolute atomic E-state index is 0.870. The highest BCUT2D eigenvalue weighted by atomic mass is 79.9. The molecule has 0 saturated carbocycles. The fourth-order valence-electron chi connectivity index (χ4n) is 4.30. The third kappa shape index (κ3) is 4.00. The summed E-state index contributed by atoms with van der Waals surface area (Å²) in [6.45, 7) is 0. The van der Waals surface area contributed by atoms with Crippen molar-refractivity contribution in [2.45, 2.75) is 12.8 Å². The molecular weight excluding hydrogens is 632 g/mol. The van der Waals surface area contributed by atoms with Gasteiger partial charge in [0.2, 0.25) is 0 Å². The highest BCUT2D eigenvalue weighted by Crippen LogP contribution is 2.40. The van der Waals surface area contributed by atoms with E-state index in [2.05, 4.69) is 137 Å². The Labute approximate surface area is 210 Å². The molecule has 0 amide bonds. The molecule has 0 unspecified atom stereocenters. The van der Waals surface area contributed by atoms with Gasteiger partial charge in [-0.2, -0.15) is 0 Å². The topological polar surface area (TPSA) is 0 Å². The van der Waals surface area contributed by atoms with Crippen LogP contribution >= 0.6 is 63.7 Å². The zero-order chi connectivity index (χ0) is 20.8. The number of halogens is 4. The van der Waals surface area contributed by atoms with Crippen molar-refractivity contribution in [1.29, 1.82) is 0 Å². The maximum absolute atomic E-state index is 3.69. The fraction of sp³-hybridized carbons (Fsp3) is 0.0769. The van der Waals surface area contributed by atoms with Crippen LogP contribution in [0.25, 0.3) is 22.3 Å². The predicted octanol–water partition coefficient (Wildman–Crippen LogP) is 9.57. The first-order valence-corrected chi connectivity index (χ1v) is 12.8. The van der Waals surface area contributed by atoms with Crippen LogP contribution in [-0.4, -0.2) is 0 Å². The van der Waals surface area contributed by atoms with Gasteiger partial charge in [0.1, 0.15) is 0 Å². The minimum Gasteiger partial charge on any atom is -0.0530 e. The molecule has 0 radical (unpaired) electrons. The second-order valence-electron chi connectivity index (χ2n) is 7.56. The summed E-state index contributed by atoms with van der Waals surface area (Å²) >= 11 is 14.8. The lowest BCUT2D eigenvalue weighted by molar-refractivity contribution is 1.14. The van der Waals surface area contributed by atoms with Crippen molar-refractivity contribution in [2.24, 2.45) is 0 Å². The van der Waals surface area contributed by atoms with Crippen LogP contribution in [-0.2, 0) is 12.8 Å². The van der Waals surface area contributed by atoms with Gasteiger partial charge in [0.15, 0.2) is 0 Å². The second kappa shape index (κ2) is 8.38. The Kier molecular flexibility index (Phi) is 5.78. The normalized spacial score (nSPS) is 12.4. The second-order valence-corrected chi connectivity index (χ2v) is 11.2. The molecule has 0 aliphatic heterocycles. The highest BCUT2D eigenvalue weighted by molar-refractivity contribution is 9.11. The minimum atomic E-state index is 0.870. The number of hydrogen-bond acceptors (Lipinski definition) is 0. The van der Waals surface area contributed by atoms with Gasteiger partial charge in [0.25, 0.3) is 0 Å². The molecule has 0 nitrogen and oxygen atoms in total. The van der Waals surface area contributed by atoms with E-state index >= 15 is 0 Å². The molecule has 1 aliphatic carbocycles. The molecule has 0 aromatic heterocycles. The molecule has 0 fully saturated rings. The van der Waals surface area contributed by atoms with Crippen molar-refractivity contribution in [3.63, 3.8) is 0 Å². The molecule has 5 rings (SSSR count). The first kappa shape index (κ1) is 20.7. The van der Waals surface area contributed by atoms with E-state index in [-0.39, 0.29) is 0 Å². The molecule has 0 atom stereocenters. The summed E-state index contributed by atoms with van der Waals surface area (Å²) in [7, 11) is 0. The van der Waals surface area contributed by atoms with Crippen molar-refractivity contribution in [1.82, 2.24) is 0 Å².